The van der Waals surface area contributed by atoms with Gasteiger partial charge in [0.05, 0.1) is 0 Å². The predicted octanol–water partition coefficient (Wildman–Crippen LogP) is 5.79. The fourth-order valence-electron chi connectivity index (χ4n) is 2.17. The summed E-state index contributed by atoms with van der Waals surface area (Å²) in [6.45, 7) is 8.38. The second-order valence-electron chi connectivity index (χ2n) is 5.60. The number of carbonyl (C=O) groups is 1. The lowest BCUT2D eigenvalue weighted by atomic mass is 10.1. The Morgan fingerprint density at radius 1 is 0.810 bits per heavy atom. The summed E-state index contributed by atoms with van der Waals surface area (Å²) in [4.78, 5) is 21.6. The predicted molar refractivity (Wildman–Crippen MR) is 85.1 cm³/mol. The van der Waals surface area contributed by atoms with Gasteiger partial charge >= 0.3 is 6.16 Å². The highest BCUT2D eigenvalue weighted by molar-refractivity contribution is 5.59. The fourth-order valence-corrected chi connectivity index (χ4v) is 2.17. The van der Waals surface area contributed by atoms with E-state index < -0.39 is 6.16 Å². The van der Waals surface area contributed by atoms with Crippen LogP contribution in [0.3, 0.4) is 0 Å². The minimum Gasteiger partial charge on any atom is -0.429 e. The first-order chi connectivity index (χ1) is 10.2. The summed E-state index contributed by atoms with van der Waals surface area (Å²) in [5.74, 6) is 0. The Hall–Kier alpha value is -0.770. The molecule has 0 spiro atoms. The van der Waals surface area contributed by atoms with E-state index in [4.69, 9.17) is 14.5 Å². The minimum absolute atomic E-state index is 0.0238. The number of carbonyl (C=O) groups excluding carboxylic acids is 1. The van der Waals surface area contributed by atoms with Crippen molar-refractivity contribution in [2.24, 2.45) is 0 Å². The Labute approximate surface area is 130 Å². The summed E-state index contributed by atoms with van der Waals surface area (Å²) in [5, 5.41) is 0. The zero-order valence-electron chi connectivity index (χ0n) is 14.4. The summed E-state index contributed by atoms with van der Waals surface area (Å²) < 4.78 is 5.28. The maximum atomic E-state index is 11.6. The Morgan fingerprint density at radius 2 is 1.33 bits per heavy atom. The summed E-state index contributed by atoms with van der Waals surface area (Å²) in [6.07, 6.45) is 9.55. The molecule has 0 aromatic rings. The van der Waals surface area contributed by atoms with Crippen molar-refractivity contribution in [1.29, 1.82) is 0 Å². The van der Waals surface area contributed by atoms with Crippen LogP contribution >= 0.6 is 0 Å². The van der Waals surface area contributed by atoms with E-state index in [1.807, 2.05) is 13.8 Å². The van der Waals surface area contributed by atoms with Crippen molar-refractivity contribution in [3.05, 3.63) is 0 Å². The molecule has 0 fully saturated rings. The lowest BCUT2D eigenvalue weighted by Crippen LogP contribution is -2.21. The normalized spacial score (nSPS) is 13.7. The smallest absolute Gasteiger partial charge is 0.429 e. The summed E-state index contributed by atoms with van der Waals surface area (Å²) in [7, 11) is 0. The third kappa shape index (κ3) is 11.6. The molecule has 0 aliphatic rings. The average molecular weight is 302 g/mol. The maximum absolute atomic E-state index is 11.6. The van der Waals surface area contributed by atoms with Gasteiger partial charge in [-0.1, -0.05) is 59.8 Å². The molecule has 4 nitrogen and oxygen atoms in total. The molecule has 0 amide bonds. The zero-order valence-corrected chi connectivity index (χ0v) is 14.4. The topological polar surface area (TPSA) is 44.8 Å². The highest BCUT2D eigenvalue weighted by atomic mass is 17.2. The summed E-state index contributed by atoms with van der Waals surface area (Å²) >= 11 is 0. The Balaban J connectivity index is 3.87. The molecule has 0 aromatic carbocycles. The molecule has 0 radical (unpaired) electrons. The summed E-state index contributed by atoms with van der Waals surface area (Å²) in [5.41, 5.74) is 0. The Bertz CT molecular complexity index is 243. The molecular weight excluding hydrogens is 268 g/mol. The van der Waals surface area contributed by atoms with E-state index >= 15 is 0 Å². The van der Waals surface area contributed by atoms with Crippen LogP contribution in [0, 0.1) is 0 Å². The first-order valence-corrected chi connectivity index (χ1v) is 8.71. The van der Waals surface area contributed by atoms with Gasteiger partial charge in [-0.2, -0.15) is 4.89 Å². The van der Waals surface area contributed by atoms with Crippen LogP contribution in [0.1, 0.15) is 91.9 Å². The van der Waals surface area contributed by atoms with Gasteiger partial charge in [-0.25, -0.2) is 4.79 Å². The number of hydrogen-bond donors (Lipinski definition) is 0. The third-order valence-electron chi connectivity index (χ3n) is 3.69. The monoisotopic (exact) mass is 302 g/mol. The maximum Gasteiger partial charge on any atom is 0.540 e. The minimum atomic E-state index is -0.702. The van der Waals surface area contributed by atoms with Crippen LogP contribution < -0.4 is 0 Å². The highest BCUT2D eigenvalue weighted by Crippen LogP contribution is 2.13. The first kappa shape index (κ1) is 20.2. The Morgan fingerprint density at radius 3 is 1.81 bits per heavy atom. The molecule has 0 aliphatic heterocycles. The van der Waals surface area contributed by atoms with Crippen molar-refractivity contribution in [3.63, 3.8) is 0 Å². The van der Waals surface area contributed by atoms with E-state index in [0.29, 0.717) is 0 Å². The molecule has 4 heteroatoms. The largest absolute Gasteiger partial charge is 0.540 e. The molecule has 2 atom stereocenters. The van der Waals surface area contributed by atoms with Crippen LogP contribution in [-0.2, 0) is 14.5 Å². The SMILES string of the molecule is CCCCCC(CC)OOC(=O)OC(CC)CCCCC. The van der Waals surface area contributed by atoms with Crippen molar-refractivity contribution in [2.75, 3.05) is 0 Å². The van der Waals surface area contributed by atoms with Crippen LogP contribution in [0.5, 0.6) is 0 Å². The first-order valence-electron chi connectivity index (χ1n) is 8.71. The molecule has 0 bridgehead atoms. The van der Waals surface area contributed by atoms with E-state index in [0.717, 1.165) is 38.5 Å². The molecule has 0 aromatic heterocycles. The van der Waals surface area contributed by atoms with E-state index in [2.05, 4.69) is 13.8 Å². The molecule has 0 rings (SSSR count). The van der Waals surface area contributed by atoms with E-state index in [9.17, 15) is 4.79 Å². The van der Waals surface area contributed by atoms with Crippen molar-refractivity contribution < 1.29 is 19.3 Å². The van der Waals surface area contributed by atoms with Gasteiger partial charge in [0.1, 0.15) is 12.2 Å². The summed E-state index contributed by atoms with van der Waals surface area (Å²) in [6, 6.07) is 0. The van der Waals surface area contributed by atoms with Gasteiger partial charge in [0, 0.05) is 0 Å². The standard InChI is InChI=1S/C17H34O4/c1-5-9-11-13-15(7-3)19-17(18)21-20-16(8-4)14-12-10-6-2/h15-16H,5-14H2,1-4H3. The van der Waals surface area contributed by atoms with Gasteiger partial charge in [0.25, 0.3) is 0 Å². The van der Waals surface area contributed by atoms with Crippen molar-refractivity contribution in [3.8, 4) is 0 Å². The van der Waals surface area contributed by atoms with Crippen LogP contribution in [0.2, 0.25) is 0 Å². The van der Waals surface area contributed by atoms with Gasteiger partial charge in [0.15, 0.2) is 0 Å². The van der Waals surface area contributed by atoms with Gasteiger partial charge in [-0.15, -0.1) is 0 Å². The lowest BCUT2D eigenvalue weighted by Gasteiger charge is -2.17. The number of ether oxygens (including phenoxy) is 1. The van der Waals surface area contributed by atoms with Gasteiger partial charge < -0.3 is 4.74 Å². The van der Waals surface area contributed by atoms with Crippen LogP contribution in [0.15, 0.2) is 0 Å². The van der Waals surface area contributed by atoms with E-state index in [1.165, 1.54) is 25.7 Å². The molecule has 0 aliphatic carbocycles. The number of hydrogen-bond acceptors (Lipinski definition) is 4. The zero-order chi connectivity index (χ0) is 15.9. The quantitative estimate of drug-likeness (QED) is 0.187. The number of unbranched alkanes of at least 4 members (excludes halogenated alkanes) is 4. The van der Waals surface area contributed by atoms with Gasteiger partial charge in [0.2, 0.25) is 0 Å². The Kier molecular flexibility index (Phi) is 13.7. The average Bonchev–Trinajstić information content (AvgIpc) is 2.49. The van der Waals surface area contributed by atoms with Gasteiger partial charge in [-0.3, -0.25) is 4.89 Å². The van der Waals surface area contributed by atoms with Crippen LogP contribution in [-0.4, -0.2) is 18.4 Å². The molecule has 0 saturated heterocycles. The van der Waals surface area contributed by atoms with Crippen molar-refractivity contribution >= 4 is 6.16 Å². The van der Waals surface area contributed by atoms with Crippen LogP contribution in [0.4, 0.5) is 4.79 Å². The van der Waals surface area contributed by atoms with Crippen molar-refractivity contribution in [1.82, 2.24) is 0 Å². The van der Waals surface area contributed by atoms with E-state index in [1.54, 1.807) is 0 Å². The molecule has 0 saturated carbocycles. The molecule has 2 unspecified atom stereocenters. The fraction of sp³-hybridized carbons (Fsp3) is 0.941. The highest BCUT2D eigenvalue weighted by Gasteiger charge is 2.16. The molecule has 126 valence electrons. The van der Waals surface area contributed by atoms with Gasteiger partial charge in [-0.05, 0) is 32.1 Å². The second kappa shape index (κ2) is 14.2. The molecule has 0 N–H and O–H groups in total. The third-order valence-corrected chi connectivity index (χ3v) is 3.69. The molecule has 21 heavy (non-hydrogen) atoms. The molecular formula is C17H34O4. The number of rotatable bonds is 13. The lowest BCUT2D eigenvalue weighted by molar-refractivity contribution is -0.290. The second-order valence-corrected chi connectivity index (χ2v) is 5.60. The molecule has 0 heterocycles. The van der Waals surface area contributed by atoms with Crippen LogP contribution in [0.25, 0.3) is 0 Å². The van der Waals surface area contributed by atoms with Crippen molar-refractivity contribution in [2.45, 2.75) is 104 Å². The van der Waals surface area contributed by atoms with E-state index in [-0.39, 0.29) is 12.2 Å².